The first-order valence-electron chi connectivity index (χ1n) is 6.65. The maximum atomic E-state index is 5.77. The van der Waals surface area contributed by atoms with Gasteiger partial charge in [-0.3, -0.25) is 4.90 Å². The van der Waals surface area contributed by atoms with Crippen LogP contribution in [0.2, 0.25) is 0 Å². The molecule has 1 aliphatic heterocycles. The molecular formula is C15H18N2O2. The number of morpholine rings is 1. The predicted octanol–water partition coefficient (Wildman–Crippen LogP) is 2.48. The lowest BCUT2D eigenvalue weighted by Crippen LogP contribution is -2.35. The number of ether oxygens (including phenoxy) is 1. The lowest BCUT2D eigenvalue weighted by Gasteiger charge is -2.25. The Morgan fingerprint density at radius 1 is 1.16 bits per heavy atom. The summed E-state index contributed by atoms with van der Waals surface area (Å²) < 4.78 is 11.1. The van der Waals surface area contributed by atoms with Crippen molar-refractivity contribution in [2.45, 2.75) is 13.5 Å². The number of hydrogen-bond acceptors (Lipinski definition) is 4. The third-order valence-corrected chi connectivity index (χ3v) is 3.39. The fourth-order valence-corrected chi connectivity index (χ4v) is 2.25. The standard InChI is InChI=1S/C15H18N2O2/c1-12-14(11-17-7-9-18-10-8-17)16-15(19-12)13-5-3-2-4-6-13/h2-6H,7-11H2,1H3. The zero-order valence-corrected chi connectivity index (χ0v) is 11.1. The summed E-state index contributed by atoms with van der Waals surface area (Å²) in [5.74, 6) is 1.62. The zero-order valence-electron chi connectivity index (χ0n) is 11.1. The van der Waals surface area contributed by atoms with E-state index >= 15 is 0 Å². The summed E-state index contributed by atoms with van der Waals surface area (Å²) in [7, 11) is 0. The van der Waals surface area contributed by atoms with Gasteiger partial charge in [-0.2, -0.15) is 0 Å². The van der Waals surface area contributed by atoms with Crippen LogP contribution >= 0.6 is 0 Å². The summed E-state index contributed by atoms with van der Waals surface area (Å²) in [6.07, 6.45) is 0. The SMILES string of the molecule is Cc1oc(-c2ccccc2)nc1CN1CCOCC1. The number of benzene rings is 1. The molecule has 0 radical (unpaired) electrons. The van der Waals surface area contributed by atoms with Gasteiger partial charge in [-0.15, -0.1) is 0 Å². The number of hydrogen-bond donors (Lipinski definition) is 0. The highest BCUT2D eigenvalue weighted by Crippen LogP contribution is 2.22. The molecule has 4 heteroatoms. The molecule has 0 saturated carbocycles. The second kappa shape index (κ2) is 5.55. The Labute approximate surface area is 113 Å². The predicted molar refractivity (Wildman–Crippen MR) is 72.8 cm³/mol. The second-order valence-corrected chi connectivity index (χ2v) is 4.78. The van der Waals surface area contributed by atoms with Crippen LogP contribution in [-0.4, -0.2) is 36.2 Å². The quantitative estimate of drug-likeness (QED) is 0.847. The minimum Gasteiger partial charge on any atom is -0.441 e. The summed E-state index contributed by atoms with van der Waals surface area (Å²) in [6, 6.07) is 10.0. The van der Waals surface area contributed by atoms with Gasteiger partial charge in [0.2, 0.25) is 5.89 Å². The first-order chi connectivity index (χ1) is 9.33. The Bertz CT molecular complexity index is 530. The molecule has 0 spiro atoms. The fourth-order valence-electron chi connectivity index (χ4n) is 2.25. The van der Waals surface area contributed by atoms with Crippen LogP contribution in [0.1, 0.15) is 11.5 Å². The summed E-state index contributed by atoms with van der Waals surface area (Å²) >= 11 is 0. The molecule has 0 atom stereocenters. The maximum Gasteiger partial charge on any atom is 0.226 e. The Hall–Kier alpha value is -1.65. The van der Waals surface area contributed by atoms with Crippen LogP contribution in [0.3, 0.4) is 0 Å². The second-order valence-electron chi connectivity index (χ2n) is 4.78. The molecule has 2 aromatic rings. The molecule has 2 heterocycles. The number of nitrogens with zero attached hydrogens (tertiary/aromatic N) is 2. The van der Waals surface area contributed by atoms with Crippen LogP contribution in [0.4, 0.5) is 0 Å². The monoisotopic (exact) mass is 258 g/mol. The molecule has 19 heavy (non-hydrogen) atoms. The Morgan fingerprint density at radius 3 is 2.63 bits per heavy atom. The maximum absolute atomic E-state index is 5.77. The number of oxazole rings is 1. The van der Waals surface area contributed by atoms with Crippen LogP contribution in [0.25, 0.3) is 11.5 Å². The van der Waals surface area contributed by atoms with Crippen molar-refractivity contribution in [2.75, 3.05) is 26.3 Å². The third kappa shape index (κ3) is 2.85. The van der Waals surface area contributed by atoms with E-state index in [9.17, 15) is 0 Å². The highest BCUT2D eigenvalue weighted by Gasteiger charge is 2.16. The summed E-state index contributed by atoms with van der Waals surface area (Å²) in [6.45, 7) is 6.37. The zero-order chi connectivity index (χ0) is 13.1. The highest BCUT2D eigenvalue weighted by molar-refractivity contribution is 5.53. The van der Waals surface area contributed by atoms with Crippen LogP contribution < -0.4 is 0 Å². The van der Waals surface area contributed by atoms with Gasteiger partial charge in [0.25, 0.3) is 0 Å². The van der Waals surface area contributed by atoms with E-state index in [1.165, 1.54) is 0 Å². The van der Waals surface area contributed by atoms with Gasteiger partial charge in [0.05, 0.1) is 18.9 Å². The summed E-state index contributed by atoms with van der Waals surface area (Å²) in [4.78, 5) is 6.98. The first kappa shape index (κ1) is 12.4. The summed E-state index contributed by atoms with van der Waals surface area (Å²) in [5.41, 5.74) is 2.06. The average molecular weight is 258 g/mol. The molecule has 0 unspecified atom stereocenters. The van der Waals surface area contributed by atoms with Crippen molar-refractivity contribution in [3.8, 4) is 11.5 Å². The van der Waals surface area contributed by atoms with Crippen molar-refractivity contribution in [3.05, 3.63) is 41.8 Å². The largest absolute Gasteiger partial charge is 0.441 e. The van der Waals surface area contributed by atoms with Crippen molar-refractivity contribution < 1.29 is 9.15 Å². The highest BCUT2D eigenvalue weighted by atomic mass is 16.5. The molecule has 0 N–H and O–H groups in total. The van der Waals surface area contributed by atoms with E-state index in [0.717, 1.165) is 49.9 Å². The van der Waals surface area contributed by atoms with Crippen LogP contribution in [-0.2, 0) is 11.3 Å². The van der Waals surface area contributed by atoms with E-state index in [4.69, 9.17) is 9.15 Å². The van der Waals surface area contributed by atoms with Crippen molar-refractivity contribution in [1.82, 2.24) is 9.88 Å². The van der Waals surface area contributed by atoms with Crippen LogP contribution in [0.15, 0.2) is 34.7 Å². The van der Waals surface area contributed by atoms with Crippen molar-refractivity contribution >= 4 is 0 Å². The Morgan fingerprint density at radius 2 is 1.89 bits per heavy atom. The van der Waals surface area contributed by atoms with E-state index in [1.54, 1.807) is 0 Å². The van der Waals surface area contributed by atoms with Gasteiger partial charge in [0.1, 0.15) is 5.76 Å². The Kier molecular flexibility index (Phi) is 3.62. The lowest BCUT2D eigenvalue weighted by molar-refractivity contribution is 0.0335. The average Bonchev–Trinajstić information content (AvgIpc) is 2.82. The molecule has 1 aliphatic rings. The molecular weight excluding hydrogens is 240 g/mol. The van der Waals surface area contributed by atoms with Gasteiger partial charge in [-0.25, -0.2) is 4.98 Å². The molecule has 4 nitrogen and oxygen atoms in total. The van der Waals surface area contributed by atoms with Crippen LogP contribution in [0, 0.1) is 6.92 Å². The van der Waals surface area contributed by atoms with E-state index < -0.39 is 0 Å². The molecule has 1 aromatic carbocycles. The summed E-state index contributed by atoms with van der Waals surface area (Å²) in [5, 5.41) is 0. The van der Waals surface area contributed by atoms with Crippen molar-refractivity contribution in [3.63, 3.8) is 0 Å². The Balaban J connectivity index is 1.77. The number of aromatic nitrogens is 1. The molecule has 0 aliphatic carbocycles. The van der Waals surface area contributed by atoms with Crippen molar-refractivity contribution in [2.24, 2.45) is 0 Å². The van der Waals surface area contributed by atoms with Gasteiger partial charge >= 0.3 is 0 Å². The van der Waals surface area contributed by atoms with Gasteiger partial charge < -0.3 is 9.15 Å². The topological polar surface area (TPSA) is 38.5 Å². The van der Waals surface area contributed by atoms with E-state index in [0.29, 0.717) is 5.89 Å². The van der Waals surface area contributed by atoms with Gasteiger partial charge in [0, 0.05) is 25.2 Å². The normalized spacial score (nSPS) is 16.7. The van der Waals surface area contributed by atoms with Crippen LogP contribution in [0.5, 0.6) is 0 Å². The fraction of sp³-hybridized carbons (Fsp3) is 0.400. The molecule has 1 fully saturated rings. The molecule has 1 saturated heterocycles. The lowest BCUT2D eigenvalue weighted by atomic mass is 10.2. The van der Waals surface area contributed by atoms with Gasteiger partial charge in [-0.1, -0.05) is 18.2 Å². The molecule has 0 amide bonds. The molecule has 1 aromatic heterocycles. The van der Waals surface area contributed by atoms with E-state index in [2.05, 4.69) is 9.88 Å². The number of aryl methyl sites for hydroxylation is 1. The minimum atomic E-state index is 0.710. The minimum absolute atomic E-state index is 0.710. The molecule has 100 valence electrons. The smallest absolute Gasteiger partial charge is 0.226 e. The first-order valence-corrected chi connectivity index (χ1v) is 6.65. The van der Waals surface area contributed by atoms with E-state index in [-0.39, 0.29) is 0 Å². The van der Waals surface area contributed by atoms with Crippen molar-refractivity contribution in [1.29, 1.82) is 0 Å². The number of rotatable bonds is 3. The van der Waals surface area contributed by atoms with E-state index in [1.807, 2.05) is 37.3 Å². The molecule has 0 bridgehead atoms. The molecule has 3 rings (SSSR count). The van der Waals surface area contributed by atoms with Gasteiger partial charge in [-0.05, 0) is 19.1 Å². The third-order valence-electron chi connectivity index (χ3n) is 3.39. The van der Waals surface area contributed by atoms with Gasteiger partial charge in [0.15, 0.2) is 0 Å².